The van der Waals surface area contributed by atoms with E-state index in [4.69, 9.17) is 23.8 Å². The summed E-state index contributed by atoms with van der Waals surface area (Å²) in [6.45, 7) is 1.49. The van der Waals surface area contributed by atoms with Crippen molar-refractivity contribution in [3.63, 3.8) is 0 Å². The van der Waals surface area contributed by atoms with Crippen molar-refractivity contribution in [2.24, 2.45) is 0 Å². The van der Waals surface area contributed by atoms with E-state index in [0.717, 1.165) is 12.8 Å². The molecule has 0 aromatic heterocycles. The second-order valence-corrected chi connectivity index (χ2v) is 9.73. The molecule has 0 unspecified atom stereocenters. The molecule has 3 N–H and O–H groups in total. The third-order valence-corrected chi connectivity index (χ3v) is 7.00. The Bertz CT molecular complexity index is 288. The molecule has 0 aliphatic heterocycles. The fourth-order valence-corrected chi connectivity index (χ4v) is 4.53. The first-order valence-electron chi connectivity index (χ1n) is 11.0. The summed E-state index contributed by atoms with van der Waals surface area (Å²) in [7, 11) is -3.32. The first-order chi connectivity index (χ1) is 13.2. The van der Waals surface area contributed by atoms with Crippen molar-refractivity contribution < 1.29 is 28.9 Å². The van der Waals surface area contributed by atoms with Gasteiger partial charge in [0, 0.05) is 0 Å². The van der Waals surface area contributed by atoms with Crippen molar-refractivity contribution in [1.82, 2.24) is 0 Å². The fourth-order valence-electron chi connectivity index (χ4n) is 3.16. The van der Waals surface area contributed by atoms with E-state index >= 15 is 0 Å². The van der Waals surface area contributed by atoms with Gasteiger partial charge in [0.1, 0.15) is 0 Å². The molecule has 0 spiro atoms. The van der Waals surface area contributed by atoms with E-state index in [-0.39, 0.29) is 0 Å². The van der Waals surface area contributed by atoms with E-state index in [1.807, 2.05) is 0 Å². The van der Waals surface area contributed by atoms with Crippen molar-refractivity contribution in [2.45, 2.75) is 103 Å². The molecule has 7 heteroatoms. The van der Waals surface area contributed by atoms with Gasteiger partial charge in [0.05, 0.1) is 0 Å². The summed E-state index contributed by atoms with van der Waals surface area (Å²) < 4.78 is 15.5. The van der Waals surface area contributed by atoms with E-state index in [1.165, 1.54) is 83.5 Å². The molecule has 0 atom stereocenters. The van der Waals surface area contributed by atoms with Crippen LogP contribution in [0.2, 0.25) is 0 Å². The molecule has 0 aliphatic carbocycles. The Labute approximate surface area is 167 Å². The van der Waals surface area contributed by atoms with Gasteiger partial charge in [0.25, 0.3) is 0 Å². The van der Waals surface area contributed by atoms with E-state index < -0.39 is 27.9 Å². The average molecular weight is 413 g/mol. The molecule has 0 bridgehead atoms. The van der Waals surface area contributed by atoms with Gasteiger partial charge in [-0.05, 0) is 0 Å². The second-order valence-electron chi connectivity index (χ2n) is 7.19. The second kappa shape index (κ2) is 20.9. The fraction of sp³-hybridized carbons (Fsp3) is 1.00. The van der Waals surface area contributed by atoms with Crippen LogP contribution in [0.4, 0.5) is 0 Å². The Morgan fingerprint density at radius 1 is 0.519 bits per heavy atom. The molecule has 6 nitrogen and oxygen atoms in total. The number of hydrogen-bond acceptors (Lipinski definition) is 6. The van der Waals surface area contributed by atoms with Crippen LogP contribution in [-0.2, 0) is 13.6 Å². The van der Waals surface area contributed by atoms with Crippen LogP contribution in [0.15, 0.2) is 0 Å². The third kappa shape index (κ3) is 16.8. The van der Waals surface area contributed by atoms with Crippen molar-refractivity contribution in [1.29, 1.82) is 0 Å². The first-order valence-corrected chi connectivity index (χ1v) is 12.9. The minimum absolute atomic E-state index is 0.408. The van der Waals surface area contributed by atoms with Crippen LogP contribution in [0.5, 0.6) is 0 Å². The molecule has 0 heterocycles. The van der Waals surface area contributed by atoms with E-state index in [0.29, 0.717) is 6.61 Å². The van der Waals surface area contributed by atoms with Crippen LogP contribution >= 0.6 is 7.94 Å². The standard InChI is InChI=1S/C20H45O6P/c1-2-3-4-5-6-7-8-9-10-11-12-13-14-15-16-17-24-27(20-23,25-18-21)26-19-22/h21-23,27H,2-20H2,1H3. The molecule has 0 aromatic carbocycles. The van der Waals surface area contributed by atoms with Gasteiger partial charge in [-0.1, -0.05) is 39.0 Å². The summed E-state index contributed by atoms with van der Waals surface area (Å²) in [6, 6.07) is 0. The number of hydrogen-bond donors (Lipinski definition) is 3. The molecule has 0 rings (SSSR count). The Kier molecular flexibility index (Phi) is 21.1. The van der Waals surface area contributed by atoms with Crippen LogP contribution in [0.1, 0.15) is 103 Å². The zero-order valence-electron chi connectivity index (χ0n) is 17.5. The summed E-state index contributed by atoms with van der Waals surface area (Å²) in [5, 5.41) is 27.0. The summed E-state index contributed by atoms with van der Waals surface area (Å²) in [6.07, 6.45) is 19.0. The van der Waals surface area contributed by atoms with Gasteiger partial charge in [0.15, 0.2) is 0 Å². The normalized spacial score (nSPS) is 12.6. The monoisotopic (exact) mass is 412 g/mol. The molecular formula is C20H45O6P. The third-order valence-electron chi connectivity index (χ3n) is 4.83. The van der Waals surface area contributed by atoms with Gasteiger partial charge in [-0.15, -0.1) is 0 Å². The molecule has 0 saturated carbocycles. The average Bonchev–Trinajstić information content (AvgIpc) is 2.68. The predicted octanol–water partition coefficient (Wildman–Crippen LogP) is 5.25. The zero-order chi connectivity index (χ0) is 20.1. The minimum atomic E-state index is -3.32. The SMILES string of the molecule is CCCCCCCCCCCCCCCCCO[PH](CO)(OCO)OCO. The van der Waals surface area contributed by atoms with Crippen molar-refractivity contribution in [2.75, 3.05) is 26.5 Å². The van der Waals surface area contributed by atoms with Crippen LogP contribution in [0.3, 0.4) is 0 Å². The van der Waals surface area contributed by atoms with Crippen molar-refractivity contribution >= 4 is 7.94 Å². The number of unbranched alkanes of at least 4 members (excludes halogenated alkanes) is 14. The maximum atomic E-state index is 9.33. The van der Waals surface area contributed by atoms with E-state index in [9.17, 15) is 5.11 Å². The van der Waals surface area contributed by atoms with Crippen LogP contribution in [0, 0.1) is 0 Å². The molecule has 0 radical (unpaired) electrons. The number of aliphatic hydroxyl groups is 3. The zero-order valence-corrected chi connectivity index (χ0v) is 18.5. The Hall–Kier alpha value is 0.190. The Balaban J connectivity index is 3.37. The summed E-state index contributed by atoms with van der Waals surface area (Å²) >= 11 is 0. The molecular weight excluding hydrogens is 367 g/mol. The van der Waals surface area contributed by atoms with Crippen LogP contribution < -0.4 is 0 Å². The van der Waals surface area contributed by atoms with Gasteiger partial charge < -0.3 is 0 Å². The molecule has 0 aliphatic rings. The molecule has 0 aromatic rings. The number of rotatable bonds is 22. The van der Waals surface area contributed by atoms with Gasteiger partial charge in [-0.25, -0.2) is 0 Å². The van der Waals surface area contributed by atoms with E-state index in [1.54, 1.807) is 0 Å². The molecule has 166 valence electrons. The molecule has 0 fully saturated rings. The Morgan fingerprint density at radius 3 is 1.22 bits per heavy atom. The number of aliphatic hydroxyl groups excluding tert-OH is 3. The molecule has 0 saturated heterocycles. The Morgan fingerprint density at radius 2 is 0.889 bits per heavy atom. The van der Waals surface area contributed by atoms with Crippen LogP contribution in [0.25, 0.3) is 0 Å². The summed E-state index contributed by atoms with van der Waals surface area (Å²) in [5.41, 5.74) is 0. The van der Waals surface area contributed by atoms with E-state index in [2.05, 4.69) is 6.92 Å². The molecule has 27 heavy (non-hydrogen) atoms. The predicted molar refractivity (Wildman–Crippen MR) is 113 cm³/mol. The van der Waals surface area contributed by atoms with Crippen molar-refractivity contribution in [3.05, 3.63) is 0 Å². The topological polar surface area (TPSA) is 88.4 Å². The quantitative estimate of drug-likeness (QED) is 0.128. The summed E-state index contributed by atoms with van der Waals surface area (Å²) in [5.74, 6) is 0. The van der Waals surface area contributed by atoms with Gasteiger partial charge >= 0.3 is 128 Å². The first kappa shape index (κ1) is 27.2. The van der Waals surface area contributed by atoms with Gasteiger partial charge in [0.2, 0.25) is 0 Å². The molecule has 0 amide bonds. The van der Waals surface area contributed by atoms with Gasteiger partial charge in [-0.3, -0.25) is 0 Å². The summed E-state index contributed by atoms with van der Waals surface area (Å²) in [4.78, 5) is 0. The van der Waals surface area contributed by atoms with Crippen LogP contribution in [-0.4, -0.2) is 41.9 Å². The van der Waals surface area contributed by atoms with Gasteiger partial charge in [-0.2, -0.15) is 0 Å². The van der Waals surface area contributed by atoms with Crippen molar-refractivity contribution in [3.8, 4) is 0 Å². The maximum absolute atomic E-state index is 9.33.